The lowest BCUT2D eigenvalue weighted by Gasteiger charge is -2.27. The van der Waals surface area contributed by atoms with Gasteiger partial charge in [0.15, 0.2) is 11.6 Å². The van der Waals surface area contributed by atoms with Crippen molar-refractivity contribution in [3.05, 3.63) is 11.3 Å². The maximum atomic E-state index is 11.5. The summed E-state index contributed by atoms with van der Waals surface area (Å²) in [7, 11) is 1.70. The molecule has 6 nitrogen and oxygen atoms in total. The first kappa shape index (κ1) is 10.8. The van der Waals surface area contributed by atoms with Crippen molar-refractivity contribution >= 4 is 17.6 Å². The summed E-state index contributed by atoms with van der Waals surface area (Å²) in [6.07, 6.45) is 3.60. The van der Waals surface area contributed by atoms with Crippen LogP contribution in [0.5, 0.6) is 0 Å². The number of nitrogens with two attached hydrogens (primary N) is 1. The number of piperidine rings is 1. The normalized spacial score (nSPS) is 16.2. The Morgan fingerprint density at radius 2 is 2.12 bits per heavy atom. The zero-order chi connectivity index (χ0) is 11.5. The van der Waals surface area contributed by atoms with E-state index in [-0.39, 0.29) is 5.95 Å². The van der Waals surface area contributed by atoms with Gasteiger partial charge in [0.25, 0.3) is 0 Å². The van der Waals surface area contributed by atoms with Gasteiger partial charge in [-0.15, -0.1) is 0 Å². The number of hydrogen-bond acceptors (Lipinski definition) is 5. The molecule has 0 unspecified atom stereocenters. The number of aromatic nitrogens is 2. The Morgan fingerprint density at radius 3 is 2.75 bits per heavy atom. The highest BCUT2D eigenvalue weighted by molar-refractivity contribution is 5.48. The molecule has 0 aliphatic carbocycles. The van der Waals surface area contributed by atoms with Crippen molar-refractivity contribution < 1.29 is 4.73 Å². The van der Waals surface area contributed by atoms with Gasteiger partial charge < -0.3 is 21.2 Å². The Kier molecular flexibility index (Phi) is 2.98. The third-order valence-electron chi connectivity index (χ3n) is 2.86. The highest BCUT2D eigenvalue weighted by atomic mass is 16.5. The standard InChI is InChI=1S/C10H17N5O/c1-12-8-7-9(13-10(11)15(8)16)14-5-3-2-4-6-14/h7,12H,2-6H2,1H3,(H2,11,13). The maximum absolute atomic E-state index is 11.5. The van der Waals surface area contributed by atoms with Gasteiger partial charge in [-0.05, 0) is 19.3 Å². The first-order valence-corrected chi connectivity index (χ1v) is 5.55. The third kappa shape index (κ3) is 1.95. The summed E-state index contributed by atoms with van der Waals surface area (Å²) in [4.78, 5) is 6.29. The molecule has 2 heterocycles. The minimum atomic E-state index is -0.00702. The predicted octanol–water partition coefficient (Wildman–Crippen LogP) is 0.329. The van der Waals surface area contributed by atoms with Crippen LogP contribution in [0, 0.1) is 5.21 Å². The van der Waals surface area contributed by atoms with E-state index < -0.39 is 0 Å². The molecule has 1 aliphatic heterocycles. The molecule has 1 aromatic rings. The van der Waals surface area contributed by atoms with E-state index in [4.69, 9.17) is 5.73 Å². The second-order valence-corrected chi connectivity index (χ2v) is 3.95. The Bertz CT molecular complexity index is 376. The van der Waals surface area contributed by atoms with E-state index in [0.29, 0.717) is 10.5 Å². The topological polar surface area (TPSA) is 81.1 Å². The zero-order valence-corrected chi connectivity index (χ0v) is 9.44. The van der Waals surface area contributed by atoms with Crippen LogP contribution in [0.2, 0.25) is 0 Å². The quantitative estimate of drug-likeness (QED) is 0.558. The van der Waals surface area contributed by atoms with Crippen LogP contribution in [0.25, 0.3) is 0 Å². The summed E-state index contributed by atoms with van der Waals surface area (Å²) < 4.78 is 0.605. The van der Waals surface area contributed by atoms with Gasteiger partial charge in [0, 0.05) is 20.1 Å². The summed E-state index contributed by atoms with van der Waals surface area (Å²) in [6, 6.07) is 1.74. The van der Waals surface area contributed by atoms with Gasteiger partial charge >= 0.3 is 5.95 Å². The van der Waals surface area contributed by atoms with Crippen LogP contribution in [0.1, 0.15) is 19.3 Å². The molecule has 0 spiro atoms. The molecule has 1 saturated heterocycles. The Balaban J connectivity index is 2.29. The minimum absolute atomic E-state index is 0.00702. The molecule has 0 atom stereocenters. The molecule has 6 heteroatoms. The molecule has 88 valence electrons. The van der Waals surface area contributed by atoms with Gasteiger partial charge in [-0.1, -0.05) is 4.98 Å². The van der Waals surface area contributed by atoms with Crippen molar-refractivity contribution in [2.75, 3.05) is 36.1 Å². The Labute approximate surface area is 94.7 Å². The highest BCUT2D eigenvalue weighted by Gasteiger charge is 2.17. The van der Waals surface area contributed by atoms with Crippen molar-refractivity contribution in [2.45, 2.75) is 19.3 Å². The fourth-order valence-electron chi connectivity index (χ4n) is 1.96. The van der Waals surface area contributed by atoms with E-state index in [1.807, 2.05) is 0 Å². The molecule has 0 saturated carbocycles. The average molecular weight is 223 g/mol. The van der Waals surface area contributed by atoms with Crippen LogP contribution >= 0.6 is 0 Å². The van der Waals surface area contributed by atoms with Crippen molar-refractivity contribution in [2.24, 2.45) is 0 Å². The number of rotatable bonds is 2. The van der Waals surface area contributed by atoms with Gasteiger partial charge in [0.1, 0.15) is 0 Å². The molecule has 1 aliphatic rings. The molecule has 3 N–H and O–H groups in total. The van der Waals surface area contributed by atoms with E-state index in [0.717, 1.165) is 18.9 Å². The summed E-state index contributed by atoms with van der Waals surface area (Å²) >= 11 is 0. The monoisotopic (exact) mass is 223 g/mol. The maximum Gasteiger partial charge on any atom is 0.346 e. The van der Waals surface area contributed by atoms with Crippen LogP contribution in [-0.2, 0) is 0 Å². The molecule has 0 bridgehead atoms. The van der Waals surface area contributed by atoms with Crippen LogP contribution in [0.15, 0.2) is 6.07 Å². The molecule has 0 aromatic carbocycles. The summed E-state index contributed by atoms with van der Waals surface area (Å²) in [5.74, 6) is 1.22. The summed E-state index contributed by atoms with van der Waals surface area (Å²) in [5.41, 5.74) is 5.58. The zero-order valence-electron chi connectivity index (χ0n) is 9.44. The summed E-state index contributed by atoms with van der Waals surface area (Å²) in [5, 5.41) is 14.3. The highest BCUT2D eigenvalue weighted by Crippen LogP contribution is 2.19. The lowest BCUT2D eigenvalue weighted by molar-refractivity contribution is -0.577. The number of nitrogen functional groups attached to an aromatic ring is 1. The SMILES string of the molecule is CNc1cc(N2CCCCC2)nc(N)[n+]1[O-]. The van der Waals surface area contributed by atoms with E-state index in [2.05, 4.69) is 15.2 Å². The number of nitrogens with zero attached hydrogens (tertiary/aromatic N) is 3. The first-order chi connectivity index (χ1) is 7.72. The van der Waals surface area contributed by atoms with Gasteiger partial charge in [-0.2, -0.15) is 0 Å². The average Bonchev–Trinajstić information content (AvgIpc) is 2.33. The van der Waals surface area contributed by atoms with E-state index >= 15 is 0 Å². The lowest BCUT2D eigenvalue weighted by atomic mass is 10.1. The van der Waals surface area contributed by atoms with Crippen molar-refractivity contribution in [3.63, 3.8) is 0 Å². The van der Waals surface area contributed by atoms with Crippen LogP contribution < -0.4 is 20.7 Å². The van der Waals surface area contributed by atoms with E-state index in [1.165, 1.54) is 19.3 Å². The van der Waals surface area contributed by atoms with E-state index in [9.17, 15) is 5.21 Å². The van der Waals surface area contributed by atoms with Crippen molar-refractivity contribution in [3.8, 4) is 0 Å². The molecule has 2 rings (SSSR count). The fraction of sp³-hybridized carbons (Fsp3) is 0.600. The number of hydrogen-bond donors (Lipinski definition) is 2. The lowest BCUT2D eigenvalue weighted by Crippen LogP contribution is -2.37. The first-order valence-electron chi connectivity index (χ1n) is 5.55. The molecule has 0 amide bonds. The van der Waals surface area contributed by atoms with Crippen LogP contribution in [0.3, 0.4) is 0 Å². The van der Waals surface area contributed by atoms with Crippen LogP contribution in [-0.4, -0.2) is 25.1 Å². The number of anilines is 3. The van der Waals surface area contributed by atoms with E-state index in [1.54, 1.807) is 13.1 Å². The largest absolute Gasteiger partial charge is 0.754 e. The molecular formula is C10H17N5O. The Morgan fingerprint density at radius 1 is 1.44 bits per heavy atom. The van der Waals surface area contributed by atoms with Gasteiger partial charge in [0.2, 0.25) is 0 Å². The Hall–Kier alpha value is -1.72. The third-order valence-corrected chi connectivity index (χ3v) is 2.86. The van der Waals surface area contributed by atoms with Gasteiger partial charge in [0.05, 0.1) is 6.07 Å². The summed E-state index contributed by atoms with van der Waals surface area (Å²) in [6.45, 7) is 1.97. The van der Waals surface area contributed by atoms with Gasteiger partial charge in [-0.25, -0.2) is 4.73 Å². The predicted molar refractivity (Wildman–Crippen MR) is 63.2 cm³/mol. The minimum Gasteiger partial charge on any atom is -0.754 e. The molecule has 1 fully saturated rings. The van der Waals surface area contributed by atoms with Crippen molar-refractivity contribution in [1.29, 1.82) is 0 Å². The second-order valence-electron chi connectivity index (χ2n) is 3.95. The van der Waals surface area contributed by atoms with Gasteiger partial charge in [-0.3, -0.25) is 0 Å². The van der Waals surface area contributed by atoms with Crippen LogP contribution in [0.4, 0.5) is 17.6 Å². The smallest absolute Gasteiger partial charge is 0.346 e. The number of nitrogens with one attached hydrogen (secondary N) is 1. The van der Waals surface area contributed by atoms with Crippen molar-refractivity contribution in [1.82, 2.24) is 4.98 Å². The molecule has 16 heavy (non-hydrogen) atoms. The molecular weight excluding hydrogens is 206 g/mol. The fourth-order valence-corrected chi connectivity index (χ4v) is 1.96. The second kappa shape index (κ2) is 4.42. The molecule has 1 aromatic heterocycles. The molecule has 0 radical (unpaired) electrons.